The molecule has 0 aliphatic heterocycles. The molecule has 0 heterocycles. The third kappa shape index (κ3) is 3.69. The third-order valence-corrected chi connectivity index (χ3v) is 4.72. The molecule has 0 aromatic rings. The van der Waals surface area contributed by atoms with Crippen LogP contribution in [0.1, 0.15) is 53.4 Å². The SMILES string of the molecule is CCN(C(=O)CN(CC)C(CC)(CC)CN)C1CC1. The molecule has 19 heavy (non-hydrogen) atoms. The minimum absolute atomic E-state index is 0.0205. The van der Waals surface area contributed by atoms with Gasteiger partial charge in [0.25, 0.3) is 0 Å². The van der Waals surface area contributed by atoms with Crippen molar-refractivity contribution >= 4 is 5.91 Å². The molecule has 2 N–H and O–H groups in total. The van der Waals surface area contributed by atoms with Gasteiger partial charge in [-0.2, -0.15) is 0 Å². The van der Waals surface area contributed by atoms with Crippen LogP contribution in [-0.4, -0.2) is 53.5 Å². The van der Waals surface area contributed by atoms with E-state index in [1.54, 1.807) is 0 Å². The summed E-state index contributed by atoms with van der Waals surface area (Å²) in [5.41, 5.74) is 5.97. The lowest BCUT2D eigenvalue weighted by atomic mass is 9.90. The summed E-state index contributed by atoms with van der Waals surface area (Å²) in [6.07, 6.45) is 4.35. The number of likely N-dealkylation sites (N-methyl/N-ethyl adjacent to an activating group) is 2. The zero-order valence-electron chi connectivity index (χ0n) is 13.1. The first-order valence-corrected chi connectivity index (χ1v) is 7.83. The van der Waals surface area contributed by atoms with E-state index in [-0.39, 0.29) is 11.4 Å². The summed E-state index contributed by atoms with van der Waals surface area (Å²) in [6, 6.07) is 0.506. The number of carbonyl (C=O) groups excluding carboxylic acids is 1. The zero-order valence-corrected chi connectivity index (χ0v) is 13.1. The molecule has 0 aromatic heterocycles. The topological polar surface area (TPSA) is 49.6 Å². The van der Waals surface area contributed by atoms with E-state index in [0.29, 0.717) is 19.1 Å². The second-order valence-electron chi connectivity index (χ2n) is 5.56. The average molecular weight is 269 g/mol. The first-order valence-electron chi connectivity index (χ1n) is 7.83. The van der Waals surface area contributed by atoms with Gasteiger partial charge in [-0.3, -0.25) is 9.69 Å². The monoisotopic (exact) mass is 269 g/mol. The van der Waals surface area contributed by atoms with Gasteiger partial charge in [-0.25, -0.2) is 0 Å². The second-order valence-corrected chi connectivity index (χ2v) is 5.56. The summed E-state index contributed by atoms with van der Waals surface area (Å²) in [6.45, 7) is 11.4. The predicted octanol–water partition coefficient (Wildman–Crippen LogP) is 1.84. The smallest absolute Gasteiger partial charge is 0.237 e. The van der Waals surface area contributed by atoms with Gasteiger partial charge in [0.2, 0.25) is 5.91 Å². The fourth-order valence-corrected chi connectivity index (χ4v) is 3.01. The Bertz CT molecular complexity index is 277. The van der Waals surface area contributed by atoms with E-state index in [2.05, 4.69) is 32.6 Å². The minimum atomic E-state index is -0.0205. The van der Waals surface area contributed by atoms with Gasteiger partial charge in [-0.15, -0.1) is 0 Å². The maximum absolute atomic E-state index is 12.5. The van der Waals surface area contributed by atoms with Crippen LogP contribution in [0.2, 0.25) is 0 Å². The third-order valence-electron chi connectivity index (χ3n) is 4.72. The van der Waals surface area contributed by atoms with E-state index in [0.717, 1.165) is 25.9 Å². The molecule has 0 atom stereocenters. The molecule has 112 valence electrons. The van der Waals surface area contributed by atoms with Crippen molar-refractivity contribution in [3.05, 3.63) is 0 Å². The number of nitrogens with zero attached hydrogens (tertiary/aromatic N) is 2. The first-order chi connectivity index (χ1) is 9.08. The zero-order chi connectivity index (χ0) is 14.5. The Morgan fingerprint density at radius 3 is 2.05 bits per heavy atom. The lowest BCUT2D eigenvalue weighted by molar-refractivity contribution is -0.134. The lowest BCUT2D eigenvalue weighted by Crippen LogP contribution is -2.56. The molecular formula is C15H31N3O. The molecule has 4 nitrogen and oxygen atoms in total. The Morgan fingerprint density at radius 1 is 1.16 bits per heavy atom. The molecule has 1 aliphatic carbocycles. The van der Waals surface area contributed by atoms with Crippen molar-refractivity contribution in [2.75, 3.05) is 26.2 Å². The summed E-state index contributed by atoms with van der Waals surface area (Å²) in [5, 5.41) is 0. The number of amides is 1. The van der Waals surface area contributed by atoms with Crippen LogP contribution in [-0.2, 0) is 4.79 Å². The van der Waals surface area contributed by atoms with Crippen molar-refractivity contribution in [1.29, 1.82) is 0 Å². The molecule has 1 aliphatic rings. The number of nitrogens with two attached hydrogens (primary N) is 1. The molecule has 0 bridgehead atoms. The molecule has 1 saturated carbocycles. The Kier molecular flexibility index (Phi) is 6.27. The van der Waals surface area contributed by atoms with Crippen molar-refractivity contribution in [2.24, 2.45) is 5.73 Å². The van der Waals surface area contributed by atoms with Crippen LogP contribution in [0.3, 0.4) is 0 Å². The molecule has 0 spiro atoms. The molecule has 0 aromatic carbocycles. The van der Waals surface area contributed by atoms with Crippen molar-refractivity contribution in [1.82, 2.24) is 9.80 Å². The van der Waals surface area contributed by atoms with E-state index in [9.17, 15) is 4.79 Å². The molecular weight excluding hydrogens is 238 g/mol. The highest BCUT2D eigenvalue weighted by Crippen LogP contribution is 2.28. The minimum Gasteiger partial charge on any atom is -0.339 e. The largest absolute Gasteiger partial charge is 0.339 e. The summed E-state index contributed by atoms with van der Waals surface area (Å²) in [5.74, 6) is 0.270. The Balaban J connectivity index is 2.71. The van der Waals surface area contributed by atoms with E-state index < -0.39 is 0 Å². The summed E-state index contributed by atoms with van der Waals surface area (Å²) in [7, 11) is 0. The van der Waals surface area contributed by atoms with Gasteiger partial charge in [0.05, 0.1) is 6.54 Å². The van der Waals surface area contributed by atoms with Crippen molar-refractivity contribution in [2.45, 2.75) is 65.0 Å². The quantitative estimate of drug-likeness (QED) is 0.695. The molecule has 1 amide bonds. The van der Waals surface area contributed by atoms with E-state index in [4.69, 9.17) is 5.73 Å². The van der Waals surface area contributed by atoms with Gasteiger partial charge >= 0.3 is 0 Å². The highest BCUT2D eigenvalue weighted by Gasteiger charge is 2.36. The standard InChI is InChI=1S/C15H31N3O/c1-5-15(6-2,12-16)17(7-3)11-14(19)18(8-4)13-9-10-13/h13H,5-12,16H2,1-4H3. The number of hydrogen-bond donors (Lipinski definition) is 1. The Morgan fingerprint density at radius 2 is 1.74 bits per heavy atom. The molecule has 0 radical (unpaired) electrons. The van der Waals surface area contributed by atoms with Crippen LogP contribution < -0.4 is 5.73 Å². The first kappa shape index (κ1) is 16.4. The van der Waals surface area contributed by atoms with Crippen molar-refractivity contribution in [3.63, 3.8) is 0 Å². The molecule has 0 saturated heterocycles. The summed E-state index contributed by atoms with van der Waals surface area (Å²) < 4.78 is 0. The van der Waals surface area contributed by atoms with E-state index in [1.165, 1.54) is 12.8 Å². The summed E-state index contributed by atoms with van der Waals surface area (Å²) >= 11 is 0. The number of rotatable bonds is 9. The van der Waals surface area contributed by atoms with Gasteiger partial charge in [0.1, 0.15) is 0 Å². The van der Waals surface area contributed by atoms with Gasteiger partial charge in [0.15, 0.2) is 0 Å². The second kappa shape index (κ2) is 7.25. The Hall–Kier alpha value is -0.610. The van der Waals surface area contributed by atoms with Crippen LogP contribution in [0, 0.1) is 0 Å². The number of carbonyl (C=O) groups is 1. The number of hydrogen-bond acceptors (Lipinski definition) is 3. The maximum Gasteiger partial charge on any atom is 0.237 e. The molecule has 4 heteroatoms. The van der Waals surface area contributed by atoms with Crippen LogP contribution >= 0.6 is 0 Å². The van der Waals surface area contributed by atoms with Crippen LogP contribution in [0.5, 0.6) is 0 Å². The summed E-state index contributed by atoms with van der Waals surface area (Å²) in [4.78, 5) is 16.8. The van der Waals surface area contributed by atoms with E-state index >= 15 is 0 Å². The van der Waals surface area contributed by atoms with Crippen LogP contribution in [0.4, 0.5) is 0 Å². The van der Waals surface area contributed by atoms with Crippen molar-refractivity contribution in [3.8, 4) is 0 Å². The predicted molar refractivity (Wildman–Crippen MR) is 80.0 cm³/mol. The van der Waals surface area contributed by atoms with Crippen molar-refractivity contribution < 1.29 is 4.79 Å². The fraction of sp³-hybridized carbons (Fsp3) is 0.933. The fourth-order valence-electron chi connectivity index (χ4n) is 3.01. The van der Waals surface area contributed by atoms with Gasteiger partial charge in [-0.05, 0) is 39.2 Å². The maximum atomic E-state index is 12.5. The molecule has 0 unspecified atom stereocenters. The highest BCUT2D eigenvalue weighted by atomic mass is 16.2. The van der Waals surface area contributed by atoms with Gasteiger partial charge < -0.3 is 10.6 Å². The van der Waals surface area contributed by atoms with Crippen LogP contribution in [0.15, 0.2) is 0 Å². The normalized spacial score (nSPS) is 15.9. The van der Waals surface area contributed by atoms with Crippen LogP contribution in [0.25, 0.3) is 0 Å². The average Bonchev–Trinajstić information content (AvgIpc) is 3.25. The molecule has 1 fully saturated rings. The Labute approximate surface area is 118 Å². The van der Waals surface area contributed by atoms with E-state index in [1.807, 2.05) is 4.90 Å². The van der Waals surface area contributed by atoms with Gasteiger partial charge in [0, 0.05) is 24.7 Å². The lowest BCUT2D eigenvalue weighted by Gasteiger charge is -2.42. The highest BCUT2D eigenvalue weighted by molar-refractivity contribution is 5.79. The van der Waals surface area contributed by atoms with Gasteiger partial charge in [-0.1, -0.05) is 20.8 Å². The molecule has 1 rings (SSSR count).